The molecule has 0 aliphatic heterocycles. The molecule has 2 rings (SSSR count). The summed E-state index contributed by atoms with van der Waals surface area (Å²) in [6.07, 6.45) is 0. The molecule has 2 amide bonds. The third kappa shape index (κ3) is 4.75. The fraction of sp³-hybridized carbons (Fsp3) is 0.350. The Morgan fingerprint density at radius 1 is 1.08 bits per heavy atom. The predicted molar refractivity (Wildman–Crippen MR) is 98.8 cm³/mol. The lowest BCUT2D eigenvalue weighted by Gasteiger charge is -2.26. The van der Waals surface area contributed by atoms with E-state index >= 15 is 0 Å². The summed E-state index contributed by atoms with van der Waals surface area (Å²) in [5.41, 5.74) is 2.95. The zero-order chi connectivity index (χ0) is 17.6. The van der Waals surface area contributed by atoms with Crippen molar-refractivity contribution in [2.75, 3.05) is 18.5 Å². The Labute approximate surface area is 144 Å². The second-order valence-corrected chi connectivity index (χ2v) is 6.49. The highest BCUT2D eigenvalue weighted by Crippen LogP contribution is 2.24. The number of anilines is 1. The van der Waals surface area contributed by atoms with E-state index in [0.717, 1.165) is 0 Å². The summed E-state index contributed by atoms with van der Waals surface area (Å²) in [7, 11) is 0. The largest absolute Gasteiger partial charge is 0.492 e. The summed E-state index contributed by atoms with van der Waals surface area (Å²) in [6, 6.07) is 15.6. The van der Waals surface area contributed by atoms with Crippen LogP contribution < -0.4 is 15.4 Å². The number of nitrogens with one attached hydrogen (secondary N) is 2. The molecule has 0 aliphatic carbocycles. The summed E-state index contributed by atoms with van der Waals surface area (Å²) < 4.78 is 5.52. The lowest BCUT2D eigenvalue weighted by atomic mass is 9.84. The minimum atomic E-state index is -0.234. The third-order valence-electron chi connectivity index (χ3n) is 3.96. The molecule has 24 heavy (non-hydrogen) atoms. The Hall–Kier alpha value is -2.49. The molecule has 4 heteroatoms. The van der Waals surface area contributed by atoms with Crippen LogP contribution in [0.1, 0.15) is 31.9 Å². The van der Waals surface area contributed by atoms with Crippen molar-refractivity contribution in [3.05, 3.63) is 59.7 Å². The number of aryl methyl sites for hydroxylation is 1. The van der Waals surface area contributed by atoms with Crippen LogP contribution in [0.15, 0.2) is 48.5 Å². The number of para-hydroxylation sites is 2. The van der Waals surface area contributed by atoms with Gasteiger partial charge in [-0.3, -0.25) is 0 Å². The molecule has 4 nitrogen and oxygen atoms in total. The van der Waals surface area contributed by atoms with E-state index in [9.17, 15) is 4.79 Å². The third-order valence-corrected chi connectivity index (χ3v) is 3.96. The molecule has 0 spiro atoms. The quantitative estimate of drug-likeness (QED) is 0.821. The maximum Gasteiger partial charge on any atom is 0.319 e. The fourth-order valence-electron chi connectivity index (χ4n) is 2.43. The molecule has 0 heterocycles. The molecule has 0 aliphatic rings. The van der Waals surface area contributed by atoms with Crippen molar-refractivity contribution >= 4 is 11.7 Å². The number of carbonyl (C=O) groups excluding carboxylic acids is 1. The Morgan fingerprint density at radius 3 is 2.42 bits per heavy atom. The van der Waals surface area contributed by atoms with Gasteiger partial charge in [0.15, 0.2) is 0 Å². The highest BCUT2D eigenvalue weighted by atomic mass is 16.5. The summed E-state index contributed by atoms with van der Waals surface area (Å²) >= 11 is 0. The second kappa shape index (κ2) is 7.86. The Morgan fingerprint density at radius 2 is 1.75 bits per heavy atom. The van der Waals surface area contributed by atoms with Gasteiger partial charge in [-0.15, -0.1) is 0 Å². The monoisotopic (exact) mass is 326 g/mol. The smallest absolute Gasteiger partial charge is 0.319 e. The standard InChI is InChI=1S/C20H26N2O2/c1-5-24-18-9-7-6-8-17(18)22-19(23)21-14-20(3,4)16-12-10-15(2)11-13-16/h6-13H,5,14H2,1-4H3,(H2,21,22,23). The number of hydrogen-bond acceptors (Lipinski definition) is 2. The van der Waals surface area contributed by atoms with Gasteiger partial charge in [-0.1, -0.05) is 55.8 Å². The van der Waals surface area contributed by atoms with Crippen molar-refractivity contribution in [2.45, 2.75) is 33.1 Å². The SMILES string of the molecule is CCOc1ccccc1NC(=O)NCC(C)(C)c1ccc(C)cc1. The summed E-state index contributed by atoms with van der Waals surface area (Å²) in [6.45, 7) is 9.32. The molecule has 2 aromatic carbocycles. The van der Waals surface area contributed by atoms with Crippen molar-refractivity contribution in [1.82, 2.24) is 5.32 Å². The van der Waals surface area contributed by atoms with E-state index in [1.807, 2.05) is 31.2 Å². The number of amides is 2. The minimum absolute atomic E-state index is 0.148. The fourth-order valence-corrected chi connectivity index (χ4v) is 2.43. The average molecular weight is 326 g/mol. The zero-order valence-electron chi connectivity index (χ0n) is 14.8. The van der Waals surface area contributed by atoms with Gasteiger partial charge in [-0.25, -0.2) is 4.79 Å². The van der Waals surface area contributed by atoms with Gasteiger partial charge in [-0.2, -0.15) is 0 Å². The van der Waals surface area contributed by atoms with E-state index in [1.165, 1.54) is 11.1 Å². The highest BCUT2D eigenvalue weighted by Gasteiger charge is 2.21. The van der Waals surface area contributed by atoms with Crippen LogP contribution in [-0.2, 0) is 5.41 Å². The molecule has 0 aromatic heterocycles. The number of rotatable bonds is 6. The normalized spacial score (nSPS) is 11.0. The van der Waals surface area contributed by atoms with Crippen molar-refractivity contribution in [3.63, 3.8) is 0 Å². The van der Waals surface area contributed by atoms with Gasteiger partial charge in [-0.05, 0) is 31.5 Å². The lowest BCUT2D eigenvalue weighted by molar-refractivity contribution is 0.249. The van der Waals surface area contributed by atoms with Gasteiger partial charge >= 0.3 is 6.03 Å². The first-order valence-electron chi connectivity index (χ1n) is 8.26. The maximum absolute atomic E-state index is 12.2. The molecule has 2 aromatic rings. The second-order valence-electron chi connectivity index (χ2n) is 6.49. The van der Waals surface area contributed by atoms with Crippen LogP contribution in [0.3, 0.4) is 0 Å². The molecule has 0 atom stereocenters. The van der Waals surface area contributed by atoms with Crippen LogP contribution in [0, 0.1) is 6.92 Å². The van der Waals surface area contributed by atoms with Gasteiger partial charge in [0.25, 0.3) is 0 Å². The van der Waals surface area contributed by atoms with E-state index in [1.54, 1.807) is 0 Å². The molecule has 0 fully saturated rings. The van der Waals surface area contributed by atoms with Crippen molar-refractivity contribution in [2.24, 2.45) is 0 Å². The first kappa shape index (κ1) is 17.9. The first-order valence-corrected chi connectivity index (χ1v) is 8.26. The van der Waals surface area contributed by atoms with E-state index in [0.29, 0.717) is 24.6 Å². The van der Waals surface area contributed by atoms with Crippen molar-refractivity contribution in [1.29, 1.82) is 0 Å². The van der Waals surface area contributed by atoms with Crippen LogP contribution >= 0.6 is 0 Å². The number of ether oxygens (including phenoxy) is 1. The van der Waals surface area contributed by atoms with Crippen LogP contribution in [0.25, 0.3) is 0 Å². The summed E-state index contributed by atoms with van der Waals surface area (Å²) in [4.78, 5) is 12.2. The maximum atomic E-state index is 12.2. The number of carbonyl (C=O) groups is 1. The Balaban J connectivity index is 1.96. The average Bonchev–Trinajstić information content (AvgIpc) is 2.56. The molecular formula is C20H26N2O2. The number of urea groups is 1. The molecule has 0 radical (unpaired) electrons. The van der Waals surface area contributed by atoms with Gasteiger partial charge in [0.2, 0.25) is 0 Å². The van der Waals surface area contributed by atoms with Gasteiger partial charge in [0.1, 0.15) is 5.75 Å². The molecular weight excluding hydrogens is 300 g/mol. The topological polar surface area (TPSA) is 50.4 Å². The zero-order valence-corrected chi connectivity index (χ0v) is 14.8. The molecule has 0 saturated carbocycles. The Bertz CT molecular complexity index is 678. The van der Waals surface area contributed by atoms with Gasteiger partial charge < -0.3 is 15.4 Å². The van der Waals surface area contributed by atoms with Gasteiger partial charge in [0.05, 0.1) is 12.3 Å². The van der Waals surface area contributed by atoms with E-state index in [-0.39, 0.29) is 11.4 Å². The van der Waals surface area contributed by atoms with E-state index in [4.69, 9.17) is 4.74 Å². The first-order chi connectivity index (χ1) is 11.4. The van der Waals surface area contributed by atoms with Crippen LogP contribution in [0.2, 0.25) is 0 Å². The highest BCUT2D eigenvalue weighted by molar-refractivity contribution is 5.90. The molecule has 0 saturated heterocycles. The molecule has 0 bridgehead atoms. The predicted octanol–water partition coefficient (Wildman–Crippen LogP) is 4.49. The molecule has 128 valence electrons. The van der Waals surface area contributed by atoms with E-state index < -0.39 is 0 Å². The van der Waals surface area contributed by atoms with Crippen LogP contribution in [0.5, 0.6) is 5.75 Å². The Kier molecular flexibility index (Phi) is 5.85. The van der Waals surface area contributed by atoms with Crippen LogP contribution in [0.4, 0.5) is 10.5 Å². The molecule has 2 N–H and O–H groups in total. The number of hydrogen-bond donors (Lipinski definition) is 2. The number of benzene rings is 2. The summed E-state index contributed by atoms with van der Waals surface area (Å²) in [5.74, 6) is 0.674. The molecule has 0 unspecified atom stereocenters. The lowest BCUT2D eigenvalue weighted by Crippen LogP contribution is -2.39. The van der Waals surface area contributed by atoms with E-state index in [2.05, 4.69) is 55.7 Å². The van der Waals surface area contributed by atoms with Crippen LogP contribution in [-0.4, -0.2) is 19.2 Å². The minimum Gasteiger partial charge on any atom is -0.492 e. The van der Waals surface area contributed by atoms with Gasteiger partial charge in [0, 0.05) is 12.0 Å². The summed E-state index contributed by atoms with van der Waals surface area (Å²) in [5, 5.41) is 5.80. The van der Waals surface area contributed by atoms with Crippen molar-refractivity contribution < 1.29 is 9.53 Å². The van der Waals surface area contributed by atoms with Crippen molar-refractivity contribution in [3.8, 4) is 5.75 Å².